The second-order valence-corrected chi connectivity index (χ2v) is 10.5. The van der Waals surface area contributed by atoms with Crippen LogP contribution in [-0.4, -0.2) is 36.6 Å². The summed E-state index contributed by atoms with van der Waals surface area (Å²) in [7, 11) is 0. The zero-order chi connectivity index (χ0) is 24.0. The second kappa shape index (κ2) is 11.6. The number of rotatable bonds is 11. The summed E-state index contributed by atoms with van der Waals surface area (Å²) in [4.78, 5) is 12.4. The molecule has 0 bridgehead atoms. The first-order chi connectivity index (χ1) is 15.8. The van der Waals surface area contributed by atoms with Crippen molar-refractivity contribution < 1.29 is 9.53 Å². The van der Waals surface area contributed by atoms with Gasteiger partial charge in [0.1, 0.15) is 10.8 Å². The SMILES string of the molecule is CCc1nnc(NC(=O)CSc2nnc(C(C)Oc3ccccc3C(C)C)n2CC(C)C)s1. The van der Waals surface area contributed by atoms with E-state index in [4.69, 9.17) is 4.74 Å². The second-order valence-electron chi connectivity index (χ2n) is 8.49. The fourth-order valence-electron chi connectivity index (χ4n) is 3.28. The molecule has 1 N–H and O–H groups in total. The van der Waals surface area contributed by atoms with Crippen molar-refractivity contribution in [2.45, 2.75) is 71.7 Å². The molecule has 0 saturated heterocycles. The van der Waals surface area contributed by atoms with Crippen molar-refractivity contribution in [1.29, 1.82) is 0 Å². The number of anilines is 1. The van der Waals surface area contributed by atoms with E-state index in [1.807, 2.05) is 32.0 Å². The highest BCUT2D eigenvalue weighted by molar-refractivity contribution is 7.99. The van der Waals surface area contributed by atoms with Gasteiger partial charge in [-0.25, -0.2) is 0 Å². The lowest BCUT2D eigenvalue weighted by Crippen LogP contribution is -2.17. The smallest absolute Gasteiger partial charge is 0.236 e. The number of aryl methyl sites for hydroxylation is 1. The molecule has 0 fully saturated rings. The zero-order valence-electron chi connectivity index (χ0n) is 20.0. The summed E-state index contributed by atoms with van der Waals surface area (Å²) in [5.41, 5.74) is 1.16. The molecule has 0 aliphatic rings. The number of aromatic nitrogens is 5. The van der Waals surface area contributed by atoms with E-state index in [9.17, 15) is 4.79 Å². The van der Waals surface area contributed by atoms with Crippen molar-refractivity contribution in [2.24, 2.45) is 5.92 Å². The molecule has 10 heteroatoms. The van der Waals surface area contributed by atoms with Crippen molar-refractivity contribution in [3.05, 3.63) is 40.7 Å². The maximum Gasteiger partial charge on any atom is 0.236 e. The Morgan fingerprint density at radius 3 is 2.55 bits per heavy atom. The van der Waals surface area contributed by atoms with Gasteiger partial charge in [0.15, 0.2) is 17.1 Å². The third-order valence-corrected chi connectivity index (χ3v) is 6.80. The van der Waals surface area contributed by atoms with Crippen LogP contribution in [0.15, 0.2) is 29.4 Å². The quantitative estimate of drug-likeness (QED) is 0.364. The first-order valence-corrected chi connectivity index (χ1v) is 13.0. The third kappa shape index (κ3) is 6.77. The Hall–Kier alpha value is -2.46. The van der Waals surface area contributed by atoms with E-state index in [-0.39, 0.29) is 17.8 Å². The lowest BCUT2D eigenvalue weighted by atomic mass is 10.0. The normalized spacial score (nSPS) is 12.4. The first-order valence-electron chi connectivity index (χ1n) is 11.2. The van der Waals surface area contributed by atoms with Crippen LogP contribution in [0, 0.1) is 5.92 Å². The third-order valence-electron chi connectivity index (χ3n) is 4.85. The van der Waals surface area contributed by atoms with Gasteiger partial charge in [-0.15, -0.1) is 20.4 Å². The number of thioether (sulfide) groups is 1. The molecule has 3 rings (SSSR count). The molecule has 0 aliphatic heterocycles. The van der Waals surface area contributed by atoms with Crippen LogP contribution in [0.4, 0.5) is 5.13 Å². The highest BCUT2D eigenvalue weighted by Gasteiger charge is 2.22. The fraction of sp³-hybridized carbons (Fsp3) is 0.522. The Morgan fingerprint density at radius 1 is 1.12 bits per heavy atom. The van der Waals surface area contributed by atoms with Gasteiger partial charge in [-0.1, -0.05) is 75.9 Å². The molecule has 1 unspecified atom stereocenters. The number of carbonyl (C=O) groups excluding carboxylic acids is 1. The summed E-state index contributed by atoms with van der Waals surface area (Å²) in [6.45, 7) is 13.3. The molecule has 0 radical (unpaired) electrons. The maximum atomic E-state index is 12.4. The van der Waals surface area contributed by atoms with Crippen LogP contribution >= 0.6 is 23.1 Å². The topological polar surface area (TPSA) is 94.8 Å². The highest BCUT2D eigenvalue weighted by atomic mass is 32.2. The number of nitrogens with zero attached hydrogens (tertiary/aromatic N) is 5. The van der Waals surface area contributed by atoms with Gasteiger partial charge in [0, 0.05) is 6.54 Å². The summed E-state index contributed by atoms with van der Waals surface area (Å²) >= 11 is 2.75. The minimum Gasteiger partial charge on any atom is -0.482 e. The molecule has 0 spiro atoms. The van der Waals surface area contributed by atoms with Crippen LogP contribution in [0.2, 0.25) is 0 Å². The van der Waals surface area contributed by atoms with Crippen molar-refractivity contribution >= 4 is 34.1 Å². The Labute approximate surface area is 203 Å². The molecule has 3 aromatic rings. The predicted molar refractivity (Wildman–Crippen MR) is 133 cm³/mol. The van der Waals surface area contributed by atoms with Gasteiger partial charge in [-0.05, 0) is 36.8 Å². The van der Waals surface area contributed by atoms with Gasteiger partial charge >= 0.3 is 0 Å². The Balaban J connectivity index is 1.72. The number of ether oxygens (including phenoxy) is 1. The van der Waals surface area contributed by atoms with Gasteiger partial charge in [-0.3, -0.25) is 10.1 Å². The molecule has 0 aliphatic carbocycles. The molecular formula is C23H32N6O2S2. The standard InChI is InChI=1S/C23H32N6O2S2/c1-7-20-25-27-22(33-20)24-19(30)13-32-23-28-26-21(29(23)12-14(2)3)16(6)31-18-11-9-8-10-17(18)15(4)5/h8-11,14-16H,7,12-13H2,1-6H3,(H,24,27,30). The average molecular weight is 489 g/mol. The van der Waals surface area contributed by atoms with Gasteiger partial charge in [0.2, 0.25) is 11.0 Å². The molecule has 2 heterocycles. The molecule has 1 aromatic carbocycles. The Kier molecular flexibility index (Phi) is 8.85. The van der Waals surface area contributed by atoms with Crippen LogP contribution in [-0.2, 0) is 17.8 Å². The summed E-state index contributed by atoms with van der Waals surface area (Å²) in [6.07, 6.45) is 0.513. The highest BCUT2D eigenvalue weighted by Crippen LogP contribution is 2.31. The largest absolute Gasteiger partial charge is 0.482 e. The molecule has 33 heavy (non-hydrogen) atoms. The Bertz CT molecular complexity index is 1060. The van der Waals surface area contributed by atoms with Crippen LogP contribution in [0.1, 0.15) is 70.0 Å². The summed E-state index contributed by atoms with van der Waals surface area (Å²) < 4.78 is 8.38. The summed E-state index contributed by atoms with van der Waals surface area (Å²) in [5.74, 6) is 2.42. The zero-order valence-corrected chi connectivity index (χ0v) is 21.7. The average Bonchev–Trinajstić information content (AvgIpc) is 3.38. The van der Waals surface area contributed by atoms with Crippen LogP contribution in [0.5, 0.6) is 5.75 Å². The lowest BCUT2D eigenvalue weighted by molar-refractivity contribution is -0.113. The molecule has 2 aromatic heterocycles. The van der Waals surface area contributed by atoms with E-state index in [2.05, 4.69) is 64.0 Å². The molecule has 1 atom stereocenters. The first kappa shape index (κ1) is 25.2. The number of para-hydroxylation sites is 1. The van der Waals surface area contributed by atoms with Gasteiger partial charge < -0.3 is 9.30 Å². The molecule has 8 nitrogen and oxygen atoms in total. The van der Waals surface area contributed by atoms with Crippen LogP contribution < -0.4 is 10.1 Å². The molecule has 178 valence electrons. The number of hydrogen-bond acceptors (Lipinski definition) is 8. The van der Waals surface area contributed by atoms with Crippen molar-refractivity contribution in [1.82, 2.24) is 25.0 Å². The van der Waals surface area contributed by atoms with E-state index < -0.39 is 0 Å². The fourth-order valence-corrected chi connectivity index (χ4v) is 4.74. The van der Waals surface area contributed by atoms with E-state index in [0.29, 0.717) is 22.1 Å². The summed E-state index contributed by atoms with van der Waals surface area (Å²) in [5, 5.41) is 21.8. The van der Waals surface area contributed by atoms with Gasteiger partial charge in [-0.2, -0.15) is 0 Å². The van der Waals surface area contributed by atoms with E-state index in [1.54, 1.807) is 0 Å². The monoisotopic (exact) mass is 488 g/mol. The lowest BCUT2D eigenvalue weighted by Gasteiger charge is -2.20. The molecule has 1 amide bonds. The Morgan fingerprint density at radius 2 is 1.88 bits per heavy atom. The summed E-state index contributed by atoms with van der Waals surface area (Å²) in [6, 6.07) is 8.09. The number of nitrogens with one attached hydrogen (secondary N) is 1. The van der Waals surface area contributed by atoms with E-state index in [0.717, 1.165) is 35.1 Å². The predicted octanol–water partition coefficient (Wildman–Crippen LogP) is 5.34. The number of amides is 1. The maximum absolute atomic E-state index is 12.4. The van der Waals surface area contributed by atoms with Gasteiger partial charge in [0.05, 0.1) is 5.75 Å². The van der Waals surface area contributed by atoms with Crippen LogP contribution in [0.3, 0.4) is 0 Å². The molecule has 0 saturated carbocycles. The van der Waals surface area contributed by atoms with Crippen molar-refractivity contribution in [3.63, 3.8) is 0 Å². The molecular weight excluding hydrogens is 456 g/mol. The van der Waals surface area contributed by atoms with Crippen LogP contribution in [0.25, 0.3) is 0 Å². The van der Waals surface area contributed by atoms with E-state index >= 15 is 0 Å². The number of benzene rings is 1. The minimum absolute atomic E-state index is 0.144. The number of carbonyl (C=O) groups is 1. The van der Waals surface area contributed by atoms with Crippen molar-refractivity contribution in [2.75, 3.05) is 11.1 Å². The minimum atomic E-state index is -0.284. The van der Waals surface area contributed by atoms with E-state index in [1.165, 1.54) is 23.1 Å². The number of hydrogen-bond donors (Lipinski definition) is 1. The van der Waals surface area contributed by atoms with Crippen molar-refractivity contribution in [3.8, 4) is 5.75 Å². The van der Waals surface area contributed by atoms with Gasteiger partial charge in [0.25, 0.3) is 0 Å².